The Morgan fingerprint density at radius 3 is 2.55 bits per heavy atom. The van der Waals surface area contributed by atoms with Crippen LogP contribution in [0.2, 0.25) is 0 Å². The van der Waals surface area contributed by atoms with Crippen molar-refractivity contribution in [3.63, 3.8) is 0 Å². The molecule has 0 saturated heterocycles. The Kier molecular flexibility index (Phi) is 7.62. The molecule has 0 aliphatic heterocycles. The smallest absolute Gasteiger partial charge is 0.133 e. The number of ketones is 2. The molecule has 2 aromatic heterocycles. The van der Waals surface area contributed by atoms with E-state index in [9.17, 15) is 9.59 Å². The summed E-state index contributed by atoms with van der Waals surface area (Å²) in [5, 5.41) is 0. The van der Waals surface area contributed by atoms with E-state index < -0.39 is 0 Å². The lowest BCUT2D eigenvalue weighted by Crippen LogP contribution is -2.11. The van der Waals surface area contributed by atoms with E-state index in [1.165, 1.54) is 24.1 Å². The molecule has 1 unspecified atom stereocenters. The van der Waals surface area contributed by atoms with E-state index in [0.29, 0.717) is 25.1 Å². The van der Waals surface area contributed by atoms with Crippen LogP contribution in [0.15, 0.2) is 24.5 Å². The van der Waals surface area contributed by atoms with E-state index in [2.05, 4.69) is 22.1 Å². The molecule has 1 aliphatic rings. The van der Waals surface area contributed by atoms with Gasteiger partial charge in [-0.1, -0.05) is 6.07 Å². The highest BCUT2D eigenvalue weighted by Gasteiger charge is 2.19. The largest absolute Gasteiger partial charge is 0.300 e. The maximum Gasteiger partial charge on any atom is 0.133 e. The van der Waals surface area contributed by atoms with Gasteiger partial charge in [-0.25, -0.2) is 9.97 Å². The fourth-order valence-corrected chi connectivity index (χ4v) is 4.04. The first-order valence-electron chi connectivity index (χ1n) is 10.8. The maximum absolute atomic E-state index is 12.5. The highest BCUT2D eigenvalue weighted by Crippen LogP contribution is 2.24. The van der Waals surface area contributed by atoms with Gasteiger partial charge in [0.25, 0.3) is 0 Å². The monoisotopic (exact) mass is 393 g/mol. The number of hydrogen-bond donors (Lipinski definition) is 0. The number of fused-ring (bicyclic) bond motifs is 1. The Labute approximate surface area is 173 Å². The Hall–Kier alpha value is -2.43. The van der Waals surface area contributed by atoms with Gasteiger partial charge in [-0.3, -0.25) is 9.78 Å². The number of hydrogen-bond acceptors (Lipinski definition) is 5. The van der Waals surface area contributed by atoms with Crippen LogP contribution in [0.1, 0.15) is 86.1 Å². The molecule has 2 aromatic rings. The first-order valence-corrected chi connectivity index (χ1v) is 10.8. The lowest BCUT2D eigenvalue weighted by atomic mass is 9.90. The van der Waals surface area contributed by atoms with Crippen LogP contribution in [0.3, 0.4) is 0 Å². The van der Waals surface area contributed by atoms with Gasteiger partial charge in [0.05, 0.1) is 0 Å². The molecule has 0 bridgehead atoms. The van der Waals surface area contributed by atoms with Crippen molar-refractivity contribution in [1.29, 1.82) is 0 Å². The molecular formula is C24H31N3O2. The fraction of sp³-hybridized carbons (Fsp3) is 0.542. The molecular weight excluding hydrogens is 362 g/mol. The van der Waals surface area contributed by atoms with Crippen molar-refractivity contribution in [1.82, 2.24) is 15.0 Å². The number of pyridine rings is 1. The predicted octanol–water partition coefficient (Wildman–Crippen LogP) is 4.49. The van der Waals surface area contributed by atoms with Crippen LogP contribution >= 0.6 is 0 Å². The van der Waals surface area contributed by atoms with Gasteiger partial charge in [0.2, 0.25) is 0 Å². The molecule has 5 heteroatoms. The molecule has 0 saturated carbocycles. The predicted molar refractivity (Wildman–Crippen MR) is 113 cm³/mol. The van der Waals surface area contributed by atoms with Crippen molar-refractivity contribution in [2.24, 2.45) is 0 Å². The van der Waals surface area contributed by atoms with Gasteiger partial charge >= 0.3 is 0 Å². The Bertz CT molecular complexity index is 846. The molecule has 0 amide bonds. The third-order valence-electron chi connectivity index (χ3n) is 5.65. The van der Waals surface area contributed by atoms with Crippen molar-refractivity contribution >= 4 is 11.6 Å². The van der Waals surface area contributed by atoms with Gasteiger partial charge in [-0.15, -0.1) is 0 Å². The zero-order chi connectivity index (χ0) is 20.6. The van der Waals surface area contributed by atoms with Crippen LogP contribution in [0, 0.1) is 6.92 Å². The van der Waals surface area contributed by atoms with Crippen molar-refractivity contribution in [2.45, 2.75) is 84.0 Å². The zero-order valence-corrected chi connectivity index (χ0v) is 17.6. The highest BCUT2D eigenvalue weighted by atomic mass is 16.1. The van der Waals surface area contributed by atoms with Crippen molar-refractivity contribution < 1.29 is 9.59 Å². The molecule has 0 fully saturated rings. The van der Waals surface area contributed by atoms with Crippen LogP contribution in [0.4, 0.5) is 0 Å². The number of aromatic nitrogens is 3. The summed E-state index contributed by atoms with van der Waals surface area (Å²) in [4.78, 5) is 37.4. The quantitative estimate of drug-likeness (QED) is 0.556. The first kappa shape index (κ1) is 21.3. The second-order valence-corrected chi connectivity index (χ2v) is 8.23. The highest BCUT2D eigenvalue weighted by molar-refractivity contribution is 5.81. The molecule has 0 N–H and O–H groups in total. The summed E-state index contributed by atoms with van der Waals surface area (Å²) in [6, 6.07) is 4.38. The lowest BCUT2D eigenvalue weighted by Gasteiger charge is -2.15. The van der Waals surface area contributed by atoms with Crippen LogP contribution in [-0.2, 0) is 28.9 Å². The third kappa shape index (κ3) is 6.55. The first-order chi connectivity index (χ1) is 14.0. The van der Waals surface area contributed by atoms with Gasteiger partial charge < -0.3 is 4.79 Å². The zero-order valence-electron chi connectivity index (χ0n) is 17.6. The second-order valence-electron chi connectivity index (χ2n) is 8.23. The molecule has 5 nitrogen and oxygen atoms in total. The minimum atomic E-state index is -0.122. The SMILES string of the molecule is CC(=O)CC(CC(=O)CCCCc1ccc2c(n1)CCCC2)c1cnc(C)nc1. The van der Waals surface area contributed by atoms with Gasteiger partial charge in [0.15, 0.2) is 0 Å². The van der Waals surface area contributed by atoms with E-state index in [1.807, 2.05) is 6.92 Å². The molecule has 3 rings (SSSR count). The Balaban J connectivity index is 1.46. The number of nitrogens with zero attached hydrogens (tertiary/aromatic N) is 3. The van der Waals surface area contributed by atoms with E-state index >= 15 is 0 Å². The summed E-state index contributed by atoms with van der Waals surface area (Å²) in [6.45, 7) is 3.39. The maximum atomic E-state index is 12.5. The number of Topliss-reactive ketones (excluding diaryl/α,β-unsaturated/α-hetero) is 2. The Morgan fingerprint density at radius 2 is 1.79 bits per heavy atom. The third-order valence-corrected chi connectivity index (χ3v) is 5.65. The minimum Gasteiger partial charge on any atom is -0.300 e. The van der Waals surface area contributed by atoms with Crippen LogP contribution in [0.25, 0.3) is 0 Å². The minimum absolute atomic E-state index is 0.0851. The molecule has 1 aliphatic carbocycles. The van der Waals surface area contributed by atoms with Gasteiger partial charge in [-0.05, 0) is 76.0 Å². The summed E-state index contributed by atoms with van der Waals surface area (Å²) in [7, 11) is 0. The molecule has 1 atom stereocenters. The number of aryl methyl sites for hydroxylation is 4. The van der Waals surface area contributed by atoms with E-state index in [-0.39, 0.29) is 17.5 Å². The van der Waals surface area contributed by atoms with Gasteiger partial charge in [-0.2, -0.15) is 0 Å². The van der Waals surface area contributed by atoms with E-state index in [4.69, 9.17) is 4.98 Å². The molecule has 0 radical (unpaired) electrons. The number of carbonyl (C=O) groups excluding carboxylic acids is 2. The van der Waals surface area contributed by atoms with E-state index in [1.54, 1.807) is 19.3 Å². The molecule has 0 aromatic carbocycles. The lowest BCUT2D eigenvalue weighted by molar-refractivity contribution is -0.120. The van der Waals surface area contributed by atoms with Crippen molar-refractivity contribution in [3.8, 4) is 0 Å². The summed E-state index contributed by atoms with van der Waals surface area (Å²) >= 11 is 0. The fourth-order valence-electron chi connectivity index (χ4n) is 4.04. The second kappa shape index (κ2) is 10.4. The molecule has 0 spiro atoms. The number of unbranched alkanes of at least 4 members (excludes halogenated alkanes) is 1. The summed E-state index contributed by atoms with van der Waals surface area (Å²) in [5.41, 5.74) is 4.70. The summed E-state index contributed by atoms with van der Waals surface area (Å²) in [6.07, 6.45) is 12.3. The van der Waals surface area contributed by atoms with Crippen molar-refractivity contribution in [2.75, 3.05) is 0 Å². The van der Waals surface area contributed by atoms with Crippen LogP contribution < -0.4 is 0 Å². The molecule has 154 valence electrons. The molecule has 2 heterocycles. The summed E-state index contributed by atoms with van der Waals surface area (Å²) in [5.74, 6) is 0.859. The van der Waals surface area contributed by atoms with E-state index in [0.717, 1.165) is 43.4 Å². The van der Waals surface area contributed by atoms with Gasteiger partial charge in [0.1, 0.15) is 17.4 Å². The van der Waals surface area contributed by atoms with Gasteiger partial charge in [0, 0.05) is 49.0 Å². The average Bonchev–Trinajstić information content (AvgIpc) is 2.71. The van der Waals surface area contributed by atoms with Crippen molar-refractivity contribution in [3.05, 3.63) is 52.9 Å². The standard InChI is InChI=1S/C24H31N3O2/c1-17(28)13-20(21-15-25-18(2)26-16-21)14-23(29)9-5-4-8-22-12-11-19-7-3-6-10-24(19)27-22/h11-12,15-16,20H,3-10,13-14H2,1-2H3. The van der Waals surface area contributed by atoms with Crippen LogP contribution in [-0.4, -0.2) is 26.5 Å². The Morgan fingerprint density at radius 1 is 1.03 bits per heavy atom. The topological polar surface area (TPSA) is 72.8 Å². The average molecular weight is 394 g/mol. The summed E-state index contributed by atoms with van der Waals surface area (Å²) < 4.78 is 0. The number of carbonyl (C=O) groups is 2. The normalized spacial score (nSPS) is 14.3. The molecule has 29 heavy (non-hydrogen) atoms. The van der Waals surface area contributed by atoms with Crippen LogP contribution in [0.5, 0.6) is 0 Å². The number of rotatable bonds is 10.